The zero-order valence-corrected chi connectivity index (χ0v) is 9.19. The topological polar surface area (TPSA) is 107 Å². The summed E-state index contributed by atoms with van der Waals surface area (Å²) in [7, 11) is 0. The number of nitro benzene ring substituents is 1. The van der Waals surface area contributed by atoms with E-state index in [0.717, 1.165) is 17.7 Å². The molecule has 0 aliphatic carbocycles. The van der Waals surface area contributed by atoms with Crippen LogP contribution in [0.1, 0.15) is 12.0 Å². The highest BCUT2D eigenvalue weighted by Crippen LogP contribution is 2.28. The van der Waals surface area contributed by atoms with Gasteiger partial charge in [-0.15, -0.1) is 0 Å². The van der Waals surface area contributed by atoms with Gasteiger partial charge in [0.2, 0.25) is 0 Å². The molecule has 6 nitrogen and oxygen atoms in total. The standard InChI is InChI=1S/C10H16N4O2/c1-7-5-8(12)10(14(15)16)6-9(7)13-4-2-3-11/h5-6,13H,2-4,11-12H2,1H3. The average Bonchev–Trinajstić information content (AvgIpc) is 2.21. The maximum absolute atomic E-state index is 10.7. The van der Waals surface area contributed by atoms with Crippen molar-refractivity contribution >= 4 is 17.1 Å². The summed E-state index contributed by atoms with van der Waals surface area (Å²) in [4.78, 5) is 10.2. The van der Waals surface area contributed by atoms with Gasteiger partial charge >= 0.3 is 0 Å². The minimum Gasteiger partial charge on any atom is -0.393 e. The maximum Gasteiger partial charge on any atom is 0.294 e. The van der Waals surface area contributed by atoms with Crippen LogP contribution in [-0.4, -0.2) is 18.0 Å². The van der Waals surface area contributed by atoms with Crippen LogP contribution in [0.2, 0.25) is 0 Å². The zero-order chi connectivity index (χ0) is 12.1. The van der Waals surface area contributed by atoms with E-state index in [4.69, 9.17) is 11.5 Å². The maximum atomic E-state index is 10.7. The monoisotopic (exact) mass is 224 g/mol. The van der Waals surface area contributed by atoms with Crippen LogP contribution in [0.4, 0.5) is 17.1 Å². The number of anilines is 2. The summed E-state index contributed by atoms with van der Waals surface area (Å²) in [6.45, 7) is 3.13. The minimum atomic E-state index is -0.483. The summed E-state index contributed by atoms with van der Waals surface area (Å²) in [5.74, 6) is 0. The lowest BCUT2D eigenvalue weighted by molar-refractivity contribution is -0.383. The van der Waals surface area contributed by atoms with E-state index >= 15 is 0 Å². The highest BCUT2D eigenvalue weighted by atomic mass is 16.6. The van der Waals surface area contributed by atoms with Gasteiger partial charge in [-0.25, -0.2) is 0 Å². The Balaban J connectivity index is 2.91. The molecule has 1 aromatic rings. The molecule has 1 aromatic carbocycles. The normalized spacial score (nSPS) is 10.1. The number of rotatable bonds is 5. The number of hydrogen-bond donors (Lipinski definition) is 3. The number of nitrogens with zero attached hydrogens (tertiary/aromatic N) is 1. The first-order valence-electron chi connectivity index (χ1n) is 5.04. The Morgan fingerprint density at radius 2 is 2.19 bits per heavy atom. The van der Waals surface area contributed by atoms with E-state index < -0.39 is 4.92 Å². The third kappa shape index (κ3) is 2.83. The van der Waals surface area contributed by atoms with Crippen molar-refractivity contribution in [1.29, 1.82) is 0 Å². The first-order chi connectivity index (χ1) is 7.56. The molecule has 0 heterocycles. The van der Waals surface area contributed by atoms with Crippen molar-refractivity contribution in [3.8, 4) is 0 Å². The predicted molar refractivity (Wildman–Crippen MR) is 64.4 cm³/mol. The largest absolute Gasteiger partial charge is 0.393 e. The molecule has 16 heavy (non-hydrogen) atoms. The lowest BCUT2D eigenvalue weighted by atomic mass is 10.1. The second-order valence-corrected chi connectivity index (χ2v) is 3.55. The Kier molecular flexibility index (Phi) is 4.07. The van der Waals surface area contributed by atoms with E-state index in [9.17, 15) is 10.1 Å². The molecular weight excluding hydrogens is 208 g/mol. The fraction of sp³-hybridized carbons (Fsp3) is 0.400. The number of aryl methyl sites for hydroxylation is 1. The summed E-state index contributed by atoms with van der Waals surface area (Å²) >= 11 is 0. The van der Waals surface area contributed by atoms with E-state index in [1.54, 1.807) is 6.07 Å². The van der Waals surface area contributed by atoms with Gasteiger partial charge in [0.25, 0.3) is 5.69 Å². The summed E-state index contributed by atoms with van der Waals surface area (Å²) < 4.78 is 0. The van der Waals surface area contributed by atoms with E-state index in [-0.39, 0.29) is 11.4 Å². The van der Waals surface area contributed by atoms with Gasteiger partial charge in [0, 0.05) is 18.3 Å². The molecule has 0 fully saturated rings. The Morgan fingerprint density at radius 3 is 2.75 bits per heavy atom. The first kappa shape index (κ1) is 12.3. The lowest BCUT2D eigenvalue weighted by Gasteiger charge is -2.09. The van der Waals surface area contributed by atoms with Crippen molar-refractivity contribution in [3.05, 3.63) is 27.8 Å². The number of nitrogens with two attached hydrogens (primary N) is 2. The Bertz CT molecular complexity index is 393. The van der Waals surface area contributed by atoms with Crippen molar-refractivity contribution in [2.75, 3.05) is 24.1 Å². The van der Waals surface area contributed by atoms with E-state index in [1.807, 2.05) is 6.92 Å². The van der Waals surface area contributed by atoms with Crippen molar-refractivity contribution in [1.82, 2.24) is 0 Å². The summed E-state index contributed by atoms with van der Waals surface area (Å²) in [6, 6.07) is 3.06. The van der Waals surface area contributed by atoms with Gasteiger partial charge < -0.3 is 16.8 Å². The van der Waals surface area contributed by atoms with Crippen molar-refractivity contribution in [2.45, 2.75) is 13.3 Å². The molecule has 88 valence electrons. The third-order valence-corrected chi connectivity index (χ3v) is 2.27. The second-order valence-electron chi connectivity index (χ2n) is 3.55. The van der Waals surface area contributed by atoms with Crippen LogP contribution >= 0.6 is 0 Å². The molecule has 0 aliphatic heterocycles. The number of benzene rings is 1. The van der Waals surface area contributed by atoms with Crippen LogP contribution in [0.25, 0.3) is 0 Å². The van der Waals surface area contributed by atoms with Crippen molar-refractivity contribution < 1.29 is 4.92 Å². The fourth-order valence-electron chi connectivity index (χ4n) is 1.39. The van der Waals surface area contributed by atoms with E-state index in [2.05, 4.69) is 5.32 Å². The number of nitrogens with one attached hydrogen (secondary N) is 1. The Labute approximate surface area is 93.8 Å². The quantitative estimate of drug-likeness (QED) is 0.302. The van der Waals surface area contributed by atoms with Gasteiger partial charge in [-0.1, -0.05) is 0 Å². The minimum absolute atomic E-state index is 0.0687. The van der Waals surface area contributed by atoms with Crippen molar-refractivity contribution in [2.24, 2.45) is 5.73 Å². The summed E-state index contributed by atoms with van der Waals surface area (Å²) in [6.07, 6.45) is 0.817. The molecule has 0 aliphatic rings. The number of nitro groups is 1. The molecule has 6 heteroatoms. The molecule has 0 bridgehead atoms. The molecule has 0 amide bonds. The van der Waals surface area contributed by atoms with Crippen molar-refractivity contribution in [3.63, 3.8) is 0 Å². The van der Waals surface area contributed by atoms with Gasteiger partial charge in [-0.2, -0.15) is 0 Å². The molecule has 0 radical (unpaired) electrons. The van der Waals surface area contributed by atoms with Gasteiger partial charge in [-0.05, 0) is 31.5 Å². The van der Waals surface area contributed by atoms with E-state index in [1.165, 1.54) is 6.07 Å². The Hall–Kier alpha value is -1.82. The molecule has 0 saturated heterocycles. The summed E-state index contributed by atoms with van der Waals surface area (Å²) in [5, 5.41) is 13.8. The number of nitrogen functional groups attached to an aromatic ring is 1. The molecule has 0 saturated carbocycles. The van der Waals surface area contributed by atoms with Crippen LogP contribution in [0.3, 0.4) is 0 Å². The molecule has 0 aromatic heterocycles. The Morgan fingerprint density at radius 1 is 1.50 bits per heavy atom. The lowest BCUT2D eigenvalue weighted by Crippen LogP contribution is -2.09. The van der Waals surface area contributed by atoms with Crippen LogP contribution in [0.15, 0.2) is 12.1 Å². The van der Waals surface area contributed by atoms with Crippen LogP contribution in [0, 0.1) is 17.0 Å². The zero-order valence-electron chi connectivity index (χ0n) is 9.19. The van der Waals surface area contributed by atoms with Gasteiger partial charge in [-0.3, -0.25) is 10.1 Å². The van der Waals surface area contributed by atoms with Gasteiger partial charge in [0.15, 0.2) is 0 Å². The molecule has 5 N–H and O–H groups in total. The second kappa shape index (κ2) is 5.32. The molecule has 0 spiro atoms. The average molecular weight is 224 g/mol. The molecular formula is C10H16N4O2. The molecule has 0 atom stereocenters. The van der Waals surface area contributed by atoms with Crippen LogP contribution < -0.4 is 16.8 Å². The number of hydrogen-bond acceptors (Lipinski definition) is 5. The SMILES string of the molecule is Cc1cc(N)c([N+](=O)[O-])cc1NCCCN. The molecule has 1 rings (SSSR count). The van der Waals surface area contributed by atoms with E-state index in [0.29, 0.717) is 13.1 Å². The highest BCUT2D eigenvalue weighted by Gasteiger charge is 2.13. The highest BCUT2D eigenvalue weighted by molar-refractivity contribution is 5.69. The smallest absolute Gasteiger partial charge is 0.294 e. The van der Waals surface area contributed by atoms with Gasteiger partial charge in [0.05, 0.1) is 4.92 Å². The van der Waals surface area contributed by atoms with Gasteiger partial charge in [0.1, 0.15) is 5.69 Å². The molecule has 0 unspecified atom stereocenters. The fourth-order valence-corrected chi connectivity index (χ4v) is 1.39. The third-order valence-electron chi connectivity index (χ3n) is 2.27. The summed E-state index contributed by atoms with van der Waals surface area (Å²) in [5.41, 5.74) is 12.7. The first-order valence-corrected chi connectivity index (χ1v) is 5.04. The predicted octanol–water partition coefficient (Wildman–Crippen LogP) is 1.25. The van der Waals surface area contributed by atoms with Crippen LogP contribution in [-0.2, 0) is 0 Å². The van der Waals surface area contributed by atoms with Crippen LogP contribution in [0.5, 0.6) is 0 Å².